The van der Waals surface area contributed by atoms with Crippen molar-refractivity contribution >= 4 is 23.2 Å². The number of hydrogen-bond donors (Lipinski definition) is 1. The van der Waals surface area contributed by atoms with E-state index in [0.717, 1.165) is 37.9 Å². The molecule has 1 atom stereocenters. The fourth-order valence-electron chi connectivity index (χ4n) is 2.75. The Hall–Kier alpha value is -1.06. The van der Waals surface area contributed by atoms with Crippen molar-refractivity contribution in [1.82, 2.24) is 5.32 Å². The second-order valence-electron chi connectivity index (χ2n) is 5.32. The SMILES string of the molecule is CCC(CC)NC1CCCN(c2ccccc2Cl)C1=O. The Labute approximate surface area is 126 Å². The summed E-state index contributed by atoms with van der Waals surface area (Å²) in [6, 6.07) is 7.90. The van der Waals surface area contributed by atoms with Crippen LogP contribution in [-0.2, 0) is 4.79 Å². The molecule has 0 saturated carbocycles. The van der Waals surface area contributed by atoms with Crippen LogP contribution < -0.4 is 10.2 Å². The van der Waals surface area contributed by atoms with Gasteiger partial charge in [-0.05, 0) is 37.8 Å². The summed E-state index contributed by atoms with van der Waals surface area (Å²) in [5.74, 6) is 0.149. The number of benzene rings is 1. The molecule has 1 heterocycles. The number of carbonyl (C=O) groups is 1. The fourth-order valence-corrected chi connectivity index (χ4v) is 2.99. The van der Waals surface area contributed by atoms with Crippen LogP contribution in [0.2, 0.25) is 5.02 Å². The van der Waals surface area contributed by atoms with Gasteiger partial charge in [0.15, 0.2) is 0 Å². The summed E-state index contributed by atoms with van der Waals surface area (Å²) in [6.45, 7) is 5.06. The fraction of sp³-hybridized carbons (Fsp3) is 0.562. The van der Waals surface area contributed by atoms with Gasteiger partial charge in [0.05, 0.1) is 16.8 Å². The van der Waals surface area contributed by atoms with Crippen molar-refractivity contribution in [1.29, 1.82) is 0 Å². The number of piperidine rings is 1. The number of carbonyl (C=O) groups excluding carboxylic acids is 1. The van der Waals surface area contributed by atoms with E-state index in [9.17, 15) is 4.79 Å². The second-order valence-corrected chi connectivity index (χ2v) is 5.72. The Morgan fingerprint density at radius 2 is 2.05 bits per heavy atom. The van der Waals surface area contributed by atoms with Crippen LogP contribution in [-0.4, -0.2) is 24.5 Å². The molecule has 1 N–H and O–H groups in total. The molecule has 0 bridgehead atoms. The standard InChI is InChI=1S/C16H23ClN2O/c1-3-12(4-2)18-14-9-7-11-19(16(14)20)15-10-6-5-8-13(15)17/h5-6,8,10,12,14,18H,3-4,7,9,11H2,1-2H3. The second kappa shape index (κ2) is 7.09. The van der Waals surface area contributed by atoms with E-state index in [-0.39, 0.29) is 11.9 Å². The van der Waals surface area contributed by atoms with Gasteiger partial charge in [0.2, 0.25) is 5.91 Å². The highest BCUT2D eigenvalue weighted by atomic mass is 35.5. The zero-order chi connectivity index (χ0) is 14.5. The largest absolute Gasteiger partial charge is 0.310 e. The predicted molar refractivity (Wildman–Crippen MR) is 84.3 cm³/mol. The van der Waals surface area contributed by atoms with Crippen molar-refractivity contribution in [3.8, 4) is 0 Å². The van der Waals surface area contributed by atoms with E-state index in [1.165, 1.54) is 0 Å². The van der Waals surface area contributed by atoms with Crippen molar-refractivity contribution in [2.75, 3.05) is 11.4 Å². The van der Waals surface area contributed by atoms with Crippen LogP contribution in [0.3, 0.4) is 0 Å². The van der Waals surface area contributed by atoms with Crippen molar-refractivity contribution in [3.05, 3.63) is 29.3 Å². The third-order valence-corrected chi connectivity index (χ3v) is 4.32. The van der Waals surface area contributed by atoms with Crippen LogP contribution in [0.4, 0.5) is 5.69 Å². The molecule has 20 heavy (non-hydrogen) atoms. The van der Waals surface area contributed by atoms with Crippen LogP contribution in [0.25, 0.3) is 0 Å². The van der Waals surface area contributed by atoms with E-state index >= 15 is 0 Å². The first-order chi connectivity index (χ1) is 9.67. The van der Waals surface area contributed by atoms with Gasteiger partial charge in [0.25, 0.3) is 0 Å². The molecule has 0 aromatic heterocycles. The Bertz CT molecular complexity index is 460. The van der Waals surface area contributed by atoms with Gasteiger partial charge in [0.1, 0.15) is 0 Å². The first-order valence-electron chi connectivity index (χ1n) is 7.49. The lowest BCUT2D eigenvalue weighted by atomic mass is 10.0. The molecule has 1 aliphatic heterocycles. The highest BCUT2D eigenvalue weighted by molar-refractivity contribution is 6.33. The molecule has 4 heteroatoms. The molecule has 3 nitrogen and oxygen atoms in total. The first kappa shape index (κ1) is 15.3. The molecular formula is C16H23ClN2O. The molecule has 0 spiro atoms. The zero-order valence-electron chi connectivity index (χ0n) is 12.2. The Balaban J connectivity index is 2.13. The van der Waals surface area contributed by atoms with E-state index in [4.69, 9.17) is 11.6 Å². The van der Waals surface area contributed by atoms with Crippen LogP contribution in [0.15, 0.2) is 24.3 Å². The van der Waals surface area contributed by atoms with Gasteiger partial charge >= 0.3 is 0 Å². The minimum absolute atomic E-state index is 0.0788. The number of halogens is 1. The molecule has 2 rings (SSSR count). The molecular weight excluding hydrogens is 272 g/mol. The summed E-state index contributed by atoms with van der Waals surface area (Å²) in [6.07, 6.45) is 4.02. The topological polar surface area (TPSA) is 32.3 Å². The Kier molecular flexibility index (Phi) is 5.44. The van der Waals surface area contributed by atoms with Crippen molar-refractivity contribution in [2.24, 2.45) is 0 Å². The molecule has 110 valence electrons. The summed E-state index contributed by atoms with van der Waals surface area (Å²) >= 11 is 6.22. The van der Waals surface area contributed by atoms with Gasteiger partial charge < -0.3 is 10.2 Å². The van der Waals surface area contributed by atoms with Crippen LogP contribution in [0.5, 0.6) is 0 Å². The number of rotatable bonds is 5. The quantitative estimate of drug-likeness (QED) is 0.900. The predicted octanol–water partition coefficient (Wildman–Crippen LogP) is 3.61. The number of para-hydroxylation sites is 1. The van der Waals surface area contributed by atoms with Gasteiger partial charge in [-0.3, -0.25) is 4.79 Å². The molecule has 1 amide bonds. The Morgan fingerprint density at radius 3 is 2.70 bits per heavy atom. The van der Waals surface area contributed by atoms with Crippen LogP contribution >= 0.6 is 11.6 Å². The lowest BCUT2D eigenvalue weighted by Crippen LogP contribution is -2.53. The third-order valence-electron chi connectivity index (χ3n) is 4.00. The summed E-state index contributed by atoms with van der Waals surface area (Å²) in [7, 11) is 0. The Morgan fingerprint density at radius 1 is 1.35 bits per heavy atom. The average molecular weight is 295 g/mol. The maximum atomic E-state index is 12.7. The minimum atomic E-state index is -0.0788. The van der Waals surface area contributed by atoms with Gasteiger partial charge in [0, 0.05) is 12.6 Å². The smallest absolute Gasteiger partial charge is 0.244 e. The van der Waals surface area contributed by atoms with E-state index in [2.05, 4.69) is 19.2 Å². The highest BCUT2D eigenvalue weighted by Gasteiger charge is 2.31. The molecule has 1 aliphatic rings. The van der Waals surface area contributed by atoms with Gasteiger partial charge in [-0.1, -0.05) is 37.6 Å². The molecule has 1 saturated heterocycles. The van der Waals surface area contributed by atoms with Crippen molar-refractivity contribution in [2.45, 2.75) is 51.6 Å². The number of anilines is 1. The van der Waals surface area contributed by atoms with E-state index < -0.39 is 0 Å². The van der Waals surface area contributed by atoms with Crippen molar-refractivity contribution in [3.63, 3.8) is 0 Å². The lowest BCUT2D eigenvalue weighted by Gasteiger charge is -2.35. The molecule has 0 radical (unpaired) electrons. The average Bonchev–Trinajstić information content (AvgIpc) is 2.47. The number of nitrogens with one attached hydrogen (secondary N) is 1. The summed E-state index contributed by atoms with van der Waals surface area (Å²) < 4.78 is 0. The number of hydrogen-bond acceptors (Lipinski definition) is 2. The summed E-state index contributed by atoms with van der Waals surface area (Å²) in [4.78, 5) is 14.5. The first-order valence-corrected chi connectivity index (χ1v) is 7.87. The van der Waals surface area contributed by atoms with E-state index in [1.54, 1.807) is 0 Å². The number of amides is 1. The molecule has 1 unspecified atom stereocenters. The van der Waals surface area contributed by atoms with E-state index in [1.807, 2.05) is 29.2 Å². The maximum Gasteiger partial charge on any atom is 0.244 e. The van der Waals surface area contributed by atoms with Gasteiger partial charge in [-0.2, -0.15) is 0 Å². The van der Waals surface area contributed by atoms with Crippen LogP contribution in [0, 0.1) is 0 Å². The summed E-state index contributed by atoms with van der Waals surface area (Å²) in [5.41, 5.74) is 0.829. The number of nitrogens with zero attached hydrogens (tertiary/aromatic N) is 1. The van der Waals surface area contributed by atoms with E-state index in [0.29, 0.717) is 11.1 Å². The lowest BCUT2D eigenvalue weighted by molar-refractivity contribution is -0.122. The molecule has 1 aromatic rings. The molecule has 1 aromatic carbocycles. The molecule has 0 aliphatic carbocycles. The van der Waals surface area contributed by atoms with Crippen molar-refractivity contribution < 1.29 is 4.79 Å². The minimum Gasteiger partial charge on any atom is -0.310 e. The third kappa shape index (κ3) is 3.33. The summed E-state index contributed by atoms with van der Waals surface area (Å²) in [5, 5.41) is 4.13. The van der Waals surface area contributed by atoms with Gasteiger partial charge in [-0.25, -0.2) is 0 Å². The zero-order valence-corrected chi connectivity index (χ0v) is 13.0. The highest BCUT2D eigenvalue weighted by Crippen LogP contribution is 2.28. The maximum absolute atomic E-state index is 12.7. The van der Waals surface area contributed by atoms with Gasteiger partial charge in [-0.15, -0.1) is 0 Å². The normalized spacial score (nSPS) is 19.7. The monoisotopic (exact) mass is 294 g/mol. The molecule has 1 fully saturated rings. The van der Waals surface area contributed by atoms with Crippen LogP contribution in [0.1, 0.15) is 39.5 Å².